The quantitative estimate of drug-likeness (QED) is 0.0415. The standard InChI is InChI=1S/C50H54N12O11/c51-59-55-26-37-43(65-27-31-15-5-1-6-16-31)46(67-29-33-19-9-3-10-20-33)47-50(69-37)72-41-36(57-61-53)25-35(56-60-52)40(45(41)63-23-13-14-24-64-47)71-49-44(66-28-32-17-7-2-8-18-32)39(58-62-54)42-38(70-49)30-68-48(73-42)34-21-11-4-12-22-34/h1-22,35-50H,23-30H2/b14-13-/t35-,36+,37-,38-,39+,40+,41-,42-,43-,44-,45-,46+,47-,48+,49-,50-/m1/s1. The van der Waals surface area contributed by atoms with Crippen LogP contribution in [-0.2, 0) is 71.9 Å². The third-order valence-corrected chi connectivity index (χ3v) is 13.1. The molecule has 0 unspecified atom stereocenters. The summed E-state index contributed by atoms with van der Waals surface area (Å²) in [5.41, 5.74) is 43.1. The largest absolute Gasteiger partial charge is 0.369 e. The molecule has 4 heterocycles. The Morgan fingerprint density at radius 3 is 1.67 bits per heavy atom. The van der Waals surface area contributed by atoms with Crippen LogP contribution in [0, 0.1) is 0 Å². The molecule has 23 nitrogen and oxygen atoms in total. The number of hydrogen-bond acceptors (Lipinski definition) is 15. The molecule has 1 aliphatic carbocycles. The van der Waals surface area contributed by atoms with Crippen molar-refractivity contribution in [3.05, 3.63) is 198 Å². The summed E-state index contributed by atoms with van der Waals surface area (Å²) in [6, 6.07) is 34.8. The van der Waals surface area contributed by atoms with E-state index in [-0.39, 0.29) is 52.6 Å². The van der Waals surface area contributed by atoms with Crippen molar-refractivity contribution in [2.24, 2.45) is 20.5 Å². The molecule has 0 bridgehead atoms. The topological polar surface area (TPSA) is 297 Å². The summed E-state index contributed by atoms with van der Waals surface area (Å²) in [5, 5.41) is 16.5. The maximum Gasteiger partial charge on any atom is 0.187 e. The lowest BCUT2D eigenvalue weighted by molar-refractivity contribution is -0.365. The van der Waals surface area contributed by atoms with Gasteiger partial charge in [-0.15, -0.1) is 0 Å². The Morgan fingerprint density at radius 1 is 0.507 bits per heavy atom. The summed E-state index contributed by atoms with van der Waals surface area (Å²) in [6.45, 7) is 0.233. The highest BCUT2D eigenvalue weighted by Gasteiger charge is 2.56. The predicted octanol–water partition coefficient (Wildman–Crippen LogP) is 9.17. The molecule has 380 valence electrons. The van der Waals surface area contributed by atoms with Crippen molar-refractivity contribution in [3.8, 4) is 0 Å². The van der Waals surface area contributed by atoms with Crippen LogP contribution in [0.3, 0.4) is 0 Å². The van der Waals surface area contributed by atoms with Gasteiger partial charge in [-0.05, 0) is 45.2 Å². The van der Waals surface area contributed by atoms with Gasteiger partial charge < -0.3 is 52.1 Å². The second-order valence-electron chi connectivity index (χ2n) is 17.7. The molecule has 4 aromatic rings. The van der Waals surface area contributed by atoms with Crippen LogP contribution in [0.1, 0.15) is 35.0 Å². The first-order chi connectivity index (χ1) is 36.0. The minimum atomic E-state index is -1.33. The maximum absolute atomic E-state index is 10.1. The maximum atomic E-state index is 10.1. The van der Waals surface area contributed by atoms with E-state index in [0.29, 0.717) is 0 Å². The Hall–Kier alpha value is -6.58. The van der Waals surface area contributed by atoms with Crippen LogP contribution in [0.15, 0.2) is 154 Å². The summed E-state index contributed by atoms with van der Waals surface area (Å²) in [4.78, 5) is 12.6. The number of ether oxygens (including phenoxy) is 11. The van der Waals surface area contributed by atoms with Crippen LogP contribution in [0.4, 0.5) is 0 Å². The van der Waals surface area contributed by atoms with Crippen LogP contribution in [0.25, 0.3) is 41.8 Å². The highest BCUT2D eigenvalue weighted by Crippen LogP contribution is 2.41. The molecule has 16 atom stereocenters. The number of hydrogen-bond donors (Lipinski definition) is 0. The number of azide groups is 4. The highest BCUT2D eigenvalue weighted by atomic mass is 16.8. The van der Waals surface area contributed by atoms with Gasteiger partial charge >= 0.3 is 0 Å². The molecule has 4 fully saturated rings. The van der Waals surface area contributed by atoms with Gasteiger partial charge in [0.05, 0.1) is 82.6 Å². The van der Waals surface area contributed by atoms with Crippen molar-refractivity contribution in [2.75, 3.05) is 26.4 Å². The second-order valence-corrected chi connectivity index (χ2v) is 17.7. The number of fused-ring (bicyclic) bond motifs is 3. The molecule has 0 aromatic heterocycles. The number of nitrogens with zero attached hydrogens (tertiary/aromatic N) is 12. The lowest BCUT2D eigenvalue weighted by atomic mass is 9.83. The fourth-order valence-electron chi connectivity index (χ4n) is 9.75. The van der Waals surface area contributed by atoms with E-state index in [1.54, 1.807) is 12.2 Å². The smallest absolute Gasteiger partial charge is 0.187 e. The van der Waals surface area contributed by atoms with Crippen molar-refractivity contribution < 1.29 is 52.1 Å². The molecule has 5 aliphatic rings. The fourth-order valence-corrected chi connectivity index (χ4v) is 9.75. The monoisotopic (exact) mass is 998 g/mol. The van der Waals surface area contributed by atoms with Crippen LogP contribution in [0.2, 0.25) is 0 Å². The van der Waals surface area contributed by atoms with Crippen molar-refractivity contribution in [1.29, 1.82) is 0 Å². The van der Waals surface area contributed by atoms with Crippen molar-refractivity contribution in [1.82, 2.24) is 0 Å². The molecule has 3 saturated heterocycles. The third-order valence-electron chi connectivity index (χ3n) is 13.1. The van der Waals surface area contributed by atoms with Gasteiger partial charge in [0, 0.05) is 25.2 Å². The van der Waals surface area contributed by atoms with E-state index in [2.05, 4.69) is 40.1 Å². The summed E-state index contributed by atoms with van der Waals surface area (Å²) in [5.74, 6) is 0. The minimum absolute atomic E-state index is 0.0216. The first-order valence-electron chi connectivity index (χ1n) is 24.0. The van der Waals surface area contributed by atoms with Crippen molar-refractivity contribution in [2.45, 2.75) is 124 Å². The van der Waals surface area contributed by atoms with E-state index in [0.717, 1.165) is 22.3 Å². The Kier molecular flexibility index (Phi) is 18.2. The van der Waals surface area contributed by atoms with Crippen LogP contribution in [0.5, 0.6) is 0 Å². The zero-order valence-electron chi connectivity index (χ0n) is 39.5. The normalized spacial score (nSPS) is 33.4. The Balaban J connectivity index is 1.07. The molecule has 0 spiro atoms. The van der Waals surface area contributed by atoms with Gasteiger partial charge in [-0.1, -0.05) is 154 Å². The second kappa shape index (κ2) is 25.9. The Labute approximate surface area is 419 Å². The molecule has 73 heavy (non-hydrogen) atoms. The average Bonchev–Trinajstić information content (AvgIpc) is 3.47. The Bertz CT molecular complexity index is 2610. The minimum Gasteiger partial charge on any atom is -0.369 e. The molecule has 1 saturated carbocycles. The first kappa shape index (κ1) is 51.3. The Morgan fingerprint density at radius 2 is 1.07 bits per heavy atom. The molecule has 4 aromatic carbocycles. The molecular formula is C50H54N12O11. The summed E-state index contributed by atoms with van der Waals surface area (Å²) < 4.78 is 73.4. The van der Waals surface area contributed by atoms with E-state index in [4.69, 9.17) is 52.1 Å². The lowest BCUT2D eigenvalue weighted by Crippen LogP contribution is -2.66. The van der Waals surface area contributed by atoms with Crippen LogP contribution < -0.4 is 0 Å². The summed E-state index contributed by atoms with van der Waals surface area (Å²) >= 11 is 0. The molecule has 23 heteroatoms. The average molecular weight is 999 g/mol. The van der Waals surface area contributed by atoms with Gasteiger partial charge in [0.1, 0.15) is 42.7 Å². The molecule has 0 amide bonds. The predicted molar refractivity (Wildman–Crippen MR) is 258 cm³/mol. The van der Waals surface area contributed by atoms with E-state index in [9.17, 15) is 22.1 Å². The summed E-state index contributed by atoms with van der Waals surface area (Å²) in [6.07, 6.45) is -10.1. The molecule has 0 radical (unpaired) electrons. The highest BCUT2D eigenvalue weighted by molar-refractivity contribution is 5.19. The van der Waals surface area contributed by atoms with Crippen LogP contribution >= 0.6 is 0 Å². The third kappa shape index (κ3) is 12.8. The first-order valence-corrected chi connectivity index (χ1v) is 24.0. The molecular weight excluding hydrogens is 945 g/mol. The zero-order valence-corrected chi connectivity index (χ0v) is 39.5. The van der Waals surface area contributed by atoms with E-state index in [1.807, 2.05) is 121 Å². The van der Waals surface area contributed by atoms with Gasteiger partial charge in [-0.3, -0.25) is 0 Å². The number of benzene rings is 4. The number of rotatable bonds is 17. The van der Waals surface area contributed by atoms with Gasteiger partial charge in [0.2, 0.25) is 0 Å². The van der Waals surface area contributed by atoms with Crippen molar-refractivity contribution in [3.63, 3.8) is 0 Å². The lowest BCUT2D eigenvalue weighted by Gasteiger charge is -2.51. The zero-order chi connectivity index (χ0) is 50.2. The van der Waals surface area contributed by atoms with Gasteiger partial charge in [-0.25, -0.2) is 0 Å². The van der Waals surface area contributed by atoms with Gasteiger partial charge in [0.25, 0.3) is 0 Å². The molecule has 4 aliphatic heterocycles. The van der Waals surface area contributed by atoms with Gasteiger partial charge in [0.15, 0.2) is 18.9 Å². The fraction of sp³-hybridized carbons (Fsp3) is 0.480. The van der Waals surface area contributed by atoms with E-state index in [1.165, 1.54) is 0 Å². The van der Waals surface area contributed by atoms with Crippen molar-refractivity contribution >= 4 is 0 Å². The van der Waals surface area contributed by atoms with E-state index < -0.39 is 98.0 Å². The van der Waals surface area contributed by atoms with Gasteiger partial charge in [-0.2, -0.15) is 0 Å². The van der Waals surface area contributed by atoms with Crippen LogP contribution in [-0.4, -0.2) is 118 Å². The van der Waals surface area contributed by atoms with E-state index >= 15 is 0 Å². The molecule has 9 rings (SSSR count). The SMILES string of the molecule is [N-]=[N+]=NC[C@H]1O[C@@H]2O[C@H]3[C@H](OC/C=C\CO[C@@H]2[C@@H](OCc2ccccc2)[C@@H]1OCc1ccccc1)[C@@H](O[C@H]1O[C@@H]2CO[C@H](c4ccccc4)O[C@H]2[C@H](N=[N+]=[N-])[C@H]1OCc1ccccc1)[C@H](N=[N+]=[N-])C[C@@H]3N=[N+]=[N-]. The summed E-state index contributed by atoms with van der Waals surface area (Å²) in [7, 11) is 0. The molecule has 0 N–H and O–H groups in total.